The maximum absolute atomic E-state index is 11.1. The molecule has 0 aromatic heterocycles. The molecule has 0 radical (unpaired) electrons. The fourth-order valence-electron chi connectivity index (χ4n) is 1.75. The van der Waals surface area contributed by atoms with Gasteiger partial charge in [0.15, 0.2) is 5.75 Å². The van der Waals surface area contributed by atoms with Crippen molar-refractivity contribution in [3.05, 3.63) is 28.3 Å². The molecule has 7 nitrogen and oxygen atoms in total. The normalized spacial score (nSPS) is 10.1. The van der Waals surface area contributed by atoms with Crippen LogP contribution in [0.3, 0.4) is 0 Å². The highest BCUT2D eigenvalue weighted by molar-refractivity contribution is 5.68. The first-order valence-corrected chi connectivity index (χ1v) is 6.42. The second kappa shape index (κ2) is 7.98. The van der Waals surface area contributed by atoms with Crippen LogP contribution in [-0.4, -0.2) is 29.2 Å². The maximum atomic E-state index is 11.1. The molecule has 0 aliphatic heterocycles. The van der Waals surface area contributed by atoms with Gasteiger partial charge in [-0.3, -0.25) is 14.9 Å². The fourth-order valence-corrected chi connectivity index (χ4v) is 1.75. The van der Waals surface area contributed by atoms with Crippen LogP contribution in [0.15, 0.2) is 18.2 Å². The smallest absolute Gasteiger partial charge is 0.333 e. The van der Waals surface area contributed by atoms with Crippen LogP contribution in [-0.2, 0) is 4.79 Å². The largest absolute Gasteiger partial charge is 0.487 e. The van der Waals surface area contributed by atoms with Gasteiger partial charge in [-0.25, -0.2) is 0 Å². The van der Waals surface area contributed by atoms with Crippen molar-refractivity contribution in [2.24, 2.45) is 0 Å². The third kappa shape index (κ3) is 4.75. The van der Waals surface area contributed by atoms with Crippen molar-refractivity contribution in [3.8, 4) is 5.75 Å². The number of para-hydroxylation sites is 1. The molecule has 0 atom stereocenters. The molecule has 20 heavy (non-hydrogen) atoms. The first kappa shape index (κ1) is 15.7. The van der Waals surface area contributed by atoms with Crippen LogP contribution in [0, 0.1) is 10.1 Å². The average molecular weight is 282 g/mol. The molecule has 0 saturated heterocycles. The van der Waals surface area contributed by atoms with E-state index in [1.807, 2.05) is 0 Å². The first-order chi connectivity index (χ1) is 9.56. The van der Waals surface area contributed by atoms with Crippen molar-refractivity contribution in [1.82, 2.24) is 0 Å². The lowest BCUT2D eigenvalue weighted by molar-refractivity contribution is -0.384. The number of hydrogen-bond donors (Lipinski definition) is 2. The lowest BCUT2D eigenvalue weighted by Crippen LogP contribution is -2.06. The summed E-state index contributed by atoms with van der Waals surface area (Å²) < 4.78 is 5.24. The Balaban J connectivity index is 2.66. The van der Waals surface area contributed by atoms with Gasteiger partial charge in [0.25, 0.3) is 0 Å². The number of carboxylic acid groups (broad SMARTS) is 1. The summed E-state index contributed by atoms with van der Waals surface area (Å²) >= 11 is 0. The van der Waals surface area contributed by atoms with Crippen LogP contribution in [0.2, 0.25) is 0 Å². The van der Waals surface area contributed by atoms with Crippen LogP contribution in [0.1, 0.15) is 26.2 Å². The molecule has 110 valence electrons. The minimum Gasteiger partial charge on any atom is -0.487 e. The van der Waals surface area contributed by atoms with Gasteiger partial charge in [0.2, 0.25) is 0 Å². The number of carboxylic acids is 1. The second-order valence-corrected chi connectivity index (χ2v) is 4.12. The maximum Gasteiger partial charge on any atom is 0.333 e. The summed E-state index contributed by atoms with van der Waals surface area (Å²) in [5.74, 6) is -0.609. The number of nitrogens with zero attached hydrogens (tertiary/aromatic N) is 1. The Kier molecular flexibility index (Phi) is 6.28. The number of rotatable bonds is 9. The van der Waals surface area contributed by atoms with Crippen molar-refractivity contribution in [1.29, 1.82) is 0 Å². The molecule has 7 heteroatoms. The number of unbranched alkanes of at least 4 members (excludes halogenated alkanes) is 1. The fraction of sp³-hybridized carbons (Fsp3) is 0.462. The minimum atomic E-state index is -0.839. The number of nitrogens with one attached hydrogen (secondary N) is 1. The summed E-state index contributed by atoms with van der Waals surface area (Å²) in [6.07, 6.45) is 1.26. The van der Waals surface area contributed by atoms with Crippen molar-refractivity contribution in [2.45, 2.75) is 26.2 Å². The summed E-state index contributed by atoms with van der Waals surface area (Å²) in [6.45, 7) is 2.59. The van der Waals surface area contributed by atoms with Gasteiger partial charge in [-0.2, -0.15) is 0 Å². The zero-order valence-electron chi connectivity index (χ0n) is 11.3. The average Bonchev–Trinajstić information content (AvgIpc) is 2.38. The Labute approximate surface area is 116 Å². The Bertz CT molecular complexity index is 476. The zero-order chi connectivity index (χ0) is 15.0. The Morgan fingerprint density at radius 3 is 2.80 bits per heavy atom. The topological polar surface area (TPSA) is 102 Å². The van der Waals surface area contributed by atoms with Crippen LogP contribution >= 0.6 is 0 Å². The quantitative estimate of drug-likeness (QED) is 0.410. The van der Waals surface area contributed by atoms with Crippen LogP contribution in [0.4, 0.5) is 11.4 Å². The number of benzene rings is 1. The molecule has 0 aliphatic rings. The van der Waals surface area contributed by atoms with E-state index in [-0.39, 0.29) is 17.9 Å². The summed E-state index contributed by atoms with van der Waals surface area (Å²) in [4.78, 5) is 21.0. The summed E-state index contributed by atoms with van der Waals surface area (Å²) in [5, 5.41) is 22.6. The van der Waals surface area contributed by atoms with Gasteiger partial charge >= 0.3 is 11.7 Å². The van der Waals surface area contributed by atoms with Gasteiger partial charge in [-0.15, -0.1) is 0 Å². The third-order valence-electron chi connectivity index (χ3n) is 2.61. The standard InChI is InChI=1S/C13H18N2O5/c1-2-20-11-7-5-6-10(13(11)15(18)19)14-9-4-3-8-12(16)17/h5-7,14H,2-4,8-9H2,1H3,(H,16,17). The van der Waals surface area contributed by atoms with E-state index < -0.39 is 10.9 Å². The first-order valence-electron chi connectivity index (χ1n) is 6.42. The molecular formula is C13H18N2O5. The Hall–Kier alpha value is -2.31. The molecule has 0 amide bonds. The highest BCUT2D eigenvalue weighted by Gasteiger charge is 2.20. The molecule has 1 aromatic carbocycles. The molecule has 0 aliphatic carbocycles. The van der Waals surface area contributed by atoms with Gasteiger partial charge in [0, 0.05) is 13.0 Å². The van der Waals surface area contributed by atoms with Crippen LogP contribution in [0.5, 0.6) is 5.75 Å². The van der Waals surface area contributed by atoms with Crippen molar-refractivity contribution >= 4 is 17.3 Å². The number of hydrogen-bond acceptors (Lipinski definition) is 5. The number of aliphatic carboxylic acids is 1. The van der Waals surface area contributed by atoms with E-state index in [4.69, 9.17) is 9.84 Å². The molecule has 0 bridgehead atoms. The molecule has 0 unspecified atom stereocenters. The summed E-state index contributed by atoms with van der Waals surface area (Å²) in [5.41, 5.74) is 0.295. The van der Waals surface area contributed by atoms with E-state index in [1.54, 1.807) is 25.1 Å². The molecule has 0 fully saturated rings. The number of nitro groups is 1. The number of anilines is 1. The summed E-state index contributed by atoms with van der Waals surface area (Å²) in [6, 6.07) is 4.84. The summed E-state index contributed by atoms with van der Waals surface area (Å²) in [7, 11) is 0. The molecule has 1 aromatic rings. The van der Waals surface area contributed by atoms with Crippen molar-refractivity contribution < 1.29 is 19.6 Å². The third-order valence-corrected chi connectivity index (χ3v) is 2.61. The van der Waals surface area contributed by atoms with Gasteiger partial charge in [0.05, 0.1) is 11.5 Å². The van der Waals surface area contributed by atoms with Gasteiger partial charge in [-0.05, 0) is 31.9 Å². The lowest BCUT2D eigenvalue weighted by atomic mass is 10.2. The van der Waals surface area contributed by atoms with Crippen LogP contribution < -0.4 is 10.1 Å². The van der Waals surface area contributed by atoms with E-state index in [1.165, 1.54) is 0 Å². The van der Waals surface area contributed by atoms with Gasteiger partial charge < -0.3 is 15.2 Å². The Morgan fingerprint density at radius 2 is 2.20 bits per heavy atom. The Morgan fingerprint density at radius 1 is 1.45 bits per heavy atom. The van der Waals surface area contributed by atoms with Gasteiger partial charge in [-0.1, -0.05) is 6.07 Å². The van der Waals surface area contributed by atoms with Crippen LogP contribution in [0.25, 0.3) is 0 Å². The molecule has 0 spiro atoms. The highest BCUT2D eigenvalue weighted by atomic mass is 16.6. The minimum absolute atomic E-state index is 0.0902. The van der Waals surface area contributed by atoms with E-state index in [2.05, 4.69) is 5.32 Å². The van der Waals surface area contributed by atoms with Crippen molar-refractivity contribution in [2.75, 3.05) is 18.5 Å². The predicted molar refractivity (Wildman–Crippen MR) is 74.2 cm³/mol. The van der Waals surface area contributed by atoms with Crippen molar-refractivity contribution in [3.63, 3.8) is 0 Å². The molecule has 0 saturated carbocycles. The molecule has 1 rings (SSSR count). The zero-order valence-corrected chi connectivity index (χ0v) is 11.3. The highest BCUT2D eigenvalue weighted by Crippen LogP contribution is 2.34. The number of ether oxygens (including phenoxy) is 1. The van der Waals surface area contributed by atoms with E-state index in [0.29, 0.717) is 31.7 Å². The number of carbonyl (C=O) groups is 1. The number of nitro benzene ring substituents is 1. The molecule has 0 heterocycles. The lowest BCUT2D eigenvalue weighted by Gasteiger charge is -2.10. The van der Waals surface area contributed by atoms with E-state index in [0.717, 1.165) is 0 Å². The monoisotopic (exact) mass is 282 g/mol. The second-order valence-electron chi connectivity index (χ2n) is 4.12. The SMILES string of the molecule is CCOc1cccc(NCCCCC(=O)O)c1[N+](=O)[O-]. The predicted octanol–water partition coefficient (Wildman–Crippen LogP) is 2.66. The van der Waals surface area contributed by atoms with E-state index >= 15 is 0 Å². The molecular weight excluding hydrogens is 264 g/mol. The molecule has 2 N–H and O–H groups in total. The van der Waals surface area contributed by atoms with E-state index in [9.17, 15) is 14.9 Å². The van der Waals surface area contributed by atoms with Gasteiger partial charge in [0.1, 0.15) is 5.69 Å².